The number of aromatic amines is 1. The van der Waals surface area contributed by atoms with Crippen molar-refractivity contribution in [3.63, 3.8) is 0 Å². The number of ketones is 1. The van der Waals surface area contributed by atoms with Gasteiger partial charge in [0.25, 0.3) is 0 Å². The lowest BCUT2D eigenvalue weighted by Crippen LogP contribution is -2.04. The Bertz CT molecular complexity index is 790. The van der Waals surface area contributed by atoms with Crippen LogP contribution in [0.5, 0.6) is 5.75 Å². The second kappa shape index (κ2) is 6.06. The van der Waals surface area contributed by atoms with Crippen LogP contribution >= 0.6 is 0 Å². The molecule has 2 aromatic carbocycles. The van der Waals surface area contributed by atoms with Crippen LogP contribution in [0.15, 0.2) is 54.7 Å². The third-order valence-electron chi connectivity index (χ3n) is 4.04. The molecule has 0 radical (unpaired) electrons. The minimum absolute atomic E-state index is 0.147. The van der Waals surface area contributed by atoms with Gasteiger partial charge in [-0.25, -0.2) is 0 Å². The van der Waals surface area contributed by atoms with E-state index in [0.29, 0.717) is 6.42 Å². The predicted molar refractivity (Wildman–Crippen MR) is 88.7 cm³/mol. The number of ether oxygens (including phenoxy) is 1. The zero-order valence-corrected chi connectivity index (χ0v) is 12.8. The number of nitrogens with one attached hydrogen (secondary N) is 1. The van der Waals surface area contributed by atoms with Crippen LogP contribution in [0.25, 0.3) is 10.9 Å². The van der Waals surface area contributed by atoms with Crippen LogP contribution in [0, 0.1) is 0 Å². The smallest absolute Gasteiger partial charge is 0.163 e. The van der Waals surface area contributed by atoms with E-state index >= 15 is 0 Å². The standard InChI is InChI=1S/C19H19NO2/c1-13(10-19(21)14-6-4-3-5-7-14)17-12-20-18-9-8-15(22-2)11-16(17)18/h3-9,11-13,20H,10H2,1-2H3. The molecule has 112 valence electrons. The van der Waals surface area contributed by atoms with E-state index in [-0.39, 0.29) is 11.7 Å². The highest BCUT2D eigenvalue weighted by atomic mass is 16.5. The summed E-state index contributed by atoms with van der Waals surface area (Å²) in [5, 5.41) is 1.12. The number of fused-ring (bicyclic) bond motifs is 1. The number of aromatic nitrogens is 1. The Labute approximate surface area is 129 Å². The van der Waals surface area contributed by atoms with Crippen molar-refractivity contribution in [3.8, 4) is 5.75 Å². The van der Waals surface area contributed by atoms with Crippen LogP contribution < -0.4 is 4.74 Å². The molecule has 0 amide bonds. The maximum Gasteiger partial charge on any atom is 0.163 e. The topological polar surface area (TPSA) is 42.1 Å². The van der Waals surface area contributed by atoms with Crippen LogP contribution in [0.4, 0.5) is 0 Å². The molecule has 1 N–H and O–H groups in total. The quantitative estimate of drug-likeness (QED) is 0.701. The maximum absolute atomic E-state index is 12.4. The molecule has 3 nitrogen and oxygen atoms in total. The molecule has 1 heterocycles. The second-order valence-electron chi connectivity index (χ2n) is 5.55. The lowest BCUT2D eigenvalue weighted by molar-refractivity contribution is 0.0976. The molecule has 1 aromatic heterocycles. The average molecular weight is 293 g/mol. The minimum Gasteiger partial charge on any atom is -0.497 e. The van der Waals surface area contributed by atoms with Crippen LogP contribution in [-0.4, -0.2) is 17.9 Å². The third kappa shape index (κ3) is 2.75. The van der Waals surface area contributed by atoms with Gasteiger partial charge in [0, 0.05) is 29.1 Å². The first-order chi connectivity index (χ1) is 10.7. The lowest BCUT2D eigenvalue weighted by Gasteiger charge is -2.10. The monoisotopic (exact) mass is 293 g/mol. The molecule has 1 atom stereocenters. The molecule has 0 saturated carbocycles. The van der Waals surface area contributed by atoms with Gasteiger partial charge in [-0.15, -0.1) is 0 Å². The molecule has 0 fully saturated rings. The highest BCUT2D eigenvalue weighted by Crippen LogP contribution is 2.31. The summed E-state index contributed by atoms with van der Waals surface area (Å²) in [6.45, 7) is 2.09. The molecule has 3 heteroatoms. The van der Waals surface area contributed by atoms with E-state index in [1.807, 2.05) is 54.7 Å². The molecule has 0 bridgehead atoms. The van der Waals surface area contributed by atoms with Crippen molar-refractivity contribution >= 4 is 16.7 Å². The highest BCUT2D eigenvalue weighted by Gasteiger charge is 2.16. The molecule has 0 saturated heterocycles. The van der Waals surface area contributed by atoms with Crippen LogP contribution in [0.2, 0.25) is 0 Å². The summed E-state index contributed by atoms with van der Waals surface area (Å²) in [5.74, 6) is 1.15. The maximum atomic E-state index is 12.4. The summed E-state index contributed by atoms with van der Waals surface area (Å²) < 4.78 is 5.30. The second-order valence-corrected chi connectivity index (χ2v) is 5.55. The largest absolute Gasteiger partial charge is 0.497 e. The Morgan fingerprint density at radius 3 is 2.68 bits per heavy atom. The van der Waals surface area contributed by atoms with Crippen LogP contribution in [-0.2, 0) is 0 Å². The number of rotatable bonds is 5. The van der Waals surface area contributed by atoms with Crippen molar-refractivity contribution in [2.45, 2.75) is 19.3 Å². The zero-order valence-electron chi connectivity index (χ0n) is 12.8. The first-order valence-electron chi connectivity index (χ1n) is 7.42. The van der Waals surface area contributed by atoms with E-state index in [0.717, 1.165) is 27.8 Å². The van der Waals surface area contributed by atoms with Crippen molar-refractivity contribution in [1.82, 2.24) is 4.98 Å². The summed E-state index contributed by atoms with van der Waals surface area (Å²) in [6.07, 6.45) is 2.49. The number of Topliss-reactive ketones (excluding diaryl/α,β-unsaturated/α-hetero) is 1. The van der Waals surface area contributed by atoms with Crippen molar-refractivity contribution < 1.29 is 9.53 Å². The number of hydrogen-bond acceptors (Lipinski definition) is 2. The Morgan fingerprint density at radius 2 is 1.95 bits per heavy atom. The van der Waals surface area contributed by atoms with Gasteiger partial charge in [-0.2, -0.15) is 0 Å². The van der Waals surface area contributed by atoms with Crippen LogP contribution in [0.3, 0.4) is 0 Å². The normalized spacial score (nSPS) is 12.3. The number of carbonyl (C=O) groups is 1. The number of carbonyl (C=O) groups excluding carboxylic acids is 1. The molecule has 22 heavy (non-hydrogen) atoms. The number of benzene rings is 2. The predicted octanol–water partition coefficient (Wildman–Crippen LogP) is 4.55. The molecule has 0 aliphatic carbocycles. The number of H-pyrrole nitrogens is 1. The summed E-state index contributed by atoms with van der Waals surface area (Å²) in [4.78, 5) is 15.6. The van der Waals surface area contributed by atoms with Gasteiger partial charge in [0.15, 0.2) is 5.78 Å². The highest BCUT2D eigenvalue weighted by molar-refractivity contribution is 5.97. The fraction of sp³-hybridized carbons (Fsp3) is 0.211. The van der Waals surface area contributed by atoms with Gasteiger partial charge in [-0.3, -0.25) is 4.79 Å². The van der Waals surface area contributed by atoms with Gasteiger partial charge in [-0.1, -0.05) is 37.3 Å². The van der Waals surface area contributed by atoms with Crippen molar-refractivity contribution in [3.05, 3.63) is 65.9 Å². The van der Waals surface area contributed by atoms with E-state index in [1.54, 1.807) is 7.11 Å². The third-order valence-corrected chi connectivity index (χ3v) is 4.04. The first kappa shape index (κ1) is 14.4. The van der Waals surface area contributed by atoms with Gasteiger partial charge in [0.05, 0.1) is 7.11 Å². The van der Waals surface area contributed by atoms with E-state index in [4.69, 9.17) is 4.74 Å². The summed E-state index contributed by atoms with van der Waals surface area (Å²) in [5.41, 5.74) is 2.99. The van der Waals surface area contributed by atoms with Crippen molar-refractivity contribution in [1.29, 1.82) is 0 Å². The Morgan fingerprint density at radius 1 is 1.18 bits per heavy atom. The SMILES string of the molecule is COc1ccc2[nH]cc(C(C)CC(=O)c3ccccc3)c2c1. The molecular weight excluding hydrogens is 274 g/mol. The fourth-order valence-electron chi connectivity index (χ4n) is 2.79. The fourth-order valence-corrected chi connectivity index (χ4v) is 2.79. The van der Waals surface area contributed by atoms with Gasteiger partial charge in [-0.05, 0) is 29.7 Å². The van der Waals surface area contributed by atoms with Crippen molar-refractivity contribution in [2.24, 2.45) is 0 Å². The summed E-state index contributed by atoms with van der Waals surface area (Å²) >= 11 is 0. The molecule has 1 unspecified atom stereocenters. The Kier molecular flexibility index (Phi) is 3.96. The molecule has 0 aliphatic rings. The summed E-state index contributed by atoms with van der Waals surface area (Å²) in [6, 6.07) is 15.4. The van der Waals surface area contributed by atoms with E-state index in [1.165, 1.54) is 0 Å². The molecule has 0 aliphatic heterocycles. The van der Waals surface area contributed by atoms with Gasteiger partial charge in [0.1, 0.15) is 5.75 Å². The molecular formula is C19H19NO2. The van der Waals surface area contributed by atoms with E-state index in [2.05, 4.69) is 11.9 Å². The summed E-state index contributed by atoms with van der Waals surface area (Å²) in [7, 11) is 1.66. The molecule has 0 spiro atoms. The molecule has 3 rings (SSSR count). The van der Waals surface area contributed by atoms with Gasteiger partial charge >= 0.3 is 0 Å². The van der Waals surface area contributed by atoms with Crippen LogP contribution in [0.1, 0.15) is 35.2 Å². The van der Waals surface area contributed by atoms with Crippen molar-refractivity contribution in [2.75, 3.05) is 7.11 Å². The minimum atomic E-state index is 0.147. The number of hydrogen-bond donors (Lipinski definition) is 1. The van der Waals surface area contributed by atoms with Gasteiger partial charge in [0.2, 0.25) is 0 Å². The molecule has 3 aromatic rings. The zero-order chi connectivity index (χ0) is 15.5. The Balaban J connectivity index is 1.86. The number of methoxy groups -OCH3 is 1. The lowest BCUT2D eigenvalue weighted by atomic mass is 9.93. The first-order valence-corrected chi connectivity index (χ1v) is 7.42. The Hall–Kier alpha value is -2.55. The van der Waals surface area contributed by atoms with E-state index in [9.17, 15) is 4.79 Å². The average Bonchev–Trinajstić information content (AvgIpc) is 2.98. The van der Waals surface area contributed by atoms with E-state index < -0.39 is 0 Å². The van der Waals surface area contributed by atoms with Gasteiger partial charge < -0.3 is 9.72 Å².